The van der Waals surface area contributed by atoms with E-state index in [2.05, 4.69) is 20.8 Å². The van der Waals surface area contributed by atoms with Gasteiger partial charge in [-0.2, -0.15) is 0 Å². The molecular weight excluding hydrogens is 316 g/mol. The molecule has 0 aliphatic carbocycles. The normalized spacial score (nSPS) is 18.5. The minimum absolute atomic E-state index is 0.192. The van der Waals surface area contributed by atoms with E-state index in [0.29, 0.717) is 12.1 Å². The van der Waals surface area contributed by atoms with Crippen LogP contribution in [0.15, 0.2) is 53.9 Å². The van der Waals surface area contributed by atoms with Gasteiger partial charge in [0, 0.05) is 37.3 Å². The monoisotopic (exact) mass is 336 g/mol. The number of nitrogens with one attached hydrogen (secondary N) is 2. The van der Waals surface area contributed by atoms with Gasteiger partial charge in [0.2, 0.25) is 0 Å². The molecule has 2 N–H and O–H groups in total. The highest BCUT2D eigenvalue weighted by Crippen LogP contribution is 2.32. The summed E-state index contributed by atoms with van der Waals surface area (Å²) in [4.78, 5) is 22.2. The Morgan fingerprint density at radius 1 is 1.12 bits per heavy atom. The average molecular weight is 336 g/mol. The molecule has 0 unspecified atom stereocenters. The first-order valence-corrected chi connectivity index (χ1v) is 8.52. The Kier molecular flexibility index (Phi) is 4.19. The number of carbonyl (C=O) groups is 1. The zero-order chi connectivity index (χ0) is 17.1. The first-order chi connectivity index (χ1) is 12.2. The molecule has 2 aliphatic heterocycles. The van der Waals surface area contributed by atoms with E-state index in [1.54, 1.807) is 12.4 Å². The van der Waals surface area contributed by atoms with Crippen LogP contribution >= 0.6 is 0 Å². The molecule has 4 rings (SSSR count). The first-order valence-electron chi connectivity index (χ1n) is 8.52. The van der Waals surface area contributed by atoms with Gasteiger partial charge in [0.05, 0.1) is 0 Å². The fraction of sp³-hybridized carbons (Fsp3) is 0.316. The lowest BCUT2D eigenvalue weighted by molar-refractivity contribution is -0.110. The minimum Gasteiger partial charge on any atom is -0.388 e. The topological polar surface area (TPSA) is 75.6 Å². The number of hydrogen-bond acceptors (Lipinski definition) is 5. The first kappa shape index (κ1) is 15.8. The fourth-order valence-corrected chi connectivity index (χ4v) is 3.32. The average Bonchev–Trinajstić information content (AvgIpc) is 3.07. The van der Waals surface area contributed by atoms with Gasteiger partial charge in [-0.05, 0) is 48.5 Å². The summed E-state index contributed by atoms with van der Waals surface area (Å²) in [5, 5.41) is 10.3. The molecule has 1 amide bonds. The zero-order valence-electron chi connectivity index (χ0n) is 13.9. The molecule has 1 aromatic carbocycles. The lowest BCUT2D eigenvalue weighted by atomic mass is 9.87. The number of oxime groups is 1. The molecular formula is C19H20N4O2. The highest BCUT2D eigenvalue weighted by Gasteiger charge is 2.42. The van der Waals surface area contributed by atoms with Crippen molar-refractivity contribution in [3.05, 3.63) is 48.8 Å². The summed E-state index contributed by atoms with van der Waals surface area (Å²) in [6, 6.07) is 11.6. The summed E-state index contributed by atoms with van der Waals surface area (Å²) >= 11 is 0. The maximum atomic E-state index is 12.5. The Bertz CT molecular complexity index is 798. The number of benzene rings is 1. The van der Waals surface area contributed by atoms with Crippen molar-refractivity contribution >= 4 is 17.3 Å². The third-order valence-electron chi connectivity index (χ3n) is 4.75. The lowest BCUT2D eigenvalue weighted by Gasteiger charge is -2.30. The van der Waals surface area contributed by atoms with Gasteiger partial charge in [-0.15, -0.1) is 0 Å². The van der Waals surface area contributed by atoms with E-state index in [9.17, 15) is 4.79 Å². The van der Waals surface area contributed by atoms with E-state index in [-0.39, 0.29) is 11.5 Å². The number of nitrogens with zero attached hydrogens (tertiary/aromatic N) is 2. The predicted octanol–water partition coefficient (Wildman–Crippen LogP) is 2.59. The summed E-state index contributed by atoms with van der Waals surface area (Å²) in [5.74, 6) is -0.192. The van der Waals surface area contributed by atoms with E-state index in [0.717, 1.165) is 42.7 Å². The molecule has 3 heterocycles. The number of amides is 1. The van der Waals surface area contributed by atoms with Crippen LogP contribution in [0.1, 0.15) is 19.3 Å². The number of aromatic nitrogens is 1. The van der Waals surface area contributed by atoms with Crippen LogP contribution in [0.4, 0.5) is 5.69 Å². The lowest BCUT2D eigenvalue weighted by Crippen LogP contribution is -2.42. The number of pyridine rings is 1. The molecule has 0 radical (unpaired) electrons. The zero-order valence-corrected chi connectivity index (χ0v) is 13.9. The van der Waals surface area contributed by atoms with E-state index >= 15 is 0 Å². The Labute approximate surface area is 146 Å². The van der Waals surface area contributed by atoms with Gasteiger partial charge in [0.1, 0.15) is 11.3 Å². The van der Waals surface area contributed by atoms with Crippen LogP contribution in [-0.4, -0.2) is 35.3 Å². The van der Waals surface area contributed by atoms with Crippen molar-refractivity contribution in [2.75, 3.05) is 18.4 Å². The molecule has 0 saturated carbocycles. The fourth-order valence-electron chi connectivity index (χ4n) is 3.32. The molecule has 1 saturated heterocycles. The minimum atomic E-state index is -0.295. The van der Waals surface area contributed by atoms with Crippen LogP contribution in [0.25, 0.3) is 11.1 Å². The van der Waals surface area contributed by atoms with Crippen molar-refractivity contribution < 1.29 is 9.63 Å². The van der Waals surface area contributed by atoms with Gasteiger partial charge in [-0.25, -0.2) is 0 Å². The summed E-state index contributed by atoms with van der Waals surface area (Å²) in [5.41, 5.74) is 3.00. The number of rotatable bonds is 3. The molecule has 6 nitrogen and oxygen atoms in total. The van der Waals surface area contributed by atoms with E-state index < -0.39 is 0 Å². The van der Waals surface area contributed by atoms with Crippen LogP contribution in [0.3, 0.4) is 0 Å². The van der Waals surface area contributed by atoms with Crippen LogP contribution in [0, 0.1) is 0 Å². The van der Waals surface area contributed by atoms with E-state index in [4.69, 9.17) is 4.84 Å². The second-order valence-electron chi connectivity index (χ2n) is 6.51. The second-order valence-corrected chi connectivity index (χ2v) is 6.51. The Hall–Kier alpha value is -2.73. The molecule has 2 aromatic rings. The molecule has 1 spiro atoms. The van der Waals surface area contributed by atoms with Crippen LogP contribution in [0.5, 0.6) is 0 Å². The number of carbonyl (C=O) groups excluding carboxylic acids is 1. The Morgan fingerprint density at radius 3 is 2.72 bits per heavy atom. The third kappa shape index (κ3) is 3.39. The molecule has 0 atom stereocenters. The number of piperidine rings is 1. The second kappa shape index (κ2) is 6.64. The van der Waals surface area contributed by atoms with Gasteiger partial charge in [0.15, 0.2) is 0 Å². The van der Waals surface area contributed by atoms with Crippen LogP contribution < -0.4 is 10.6 Å². The molecule has 6 heteroatoms. The standard InChI is InChI=1S/C19H20N4O2/c24-18(17-13-19(25-23-17)6-10-21-11-7-19)22-16-3-1-2-15(12-16)14-4-8-20-9-5-14/h1-5,8-9,12,21H,6-7,10-11,13H2,(H,22,24). The van der Waals surface area contributed by atoms with E-state index in [1.807, 2.05) is 36.4 Å². The van der Waals surface area contributed by atoms with Gasteiger partial charge in [-0.3, -0.25) is 9.78 Å². The molecule has 0 bridgehead atoms. The number of hydrogen-bond donors (Lipinski definition) is 2. The van der Waals surface area contributed by atoms with Crippen molar-refractivity contribution in [2.24, 2.45) is 5.16 Å². The quantitative estimate of drug-likeness (QED) is 0.903. The molecule has 25 heavy (non-hydrogen) atoms. The van der Waals surface area contributed by atoms with Gasteiger partial charge in [0.25, 0.3) is 5.91 Å². The highest BCUT2D eigenvalue weighted by atomic mass is 16.7. The summed E-state index contributed by atoms with van der Waals surface area (Å²) in [7, 11) is 0. The summed E-state index contributed by atoms with van der Waals surface area (Å²) in [6.45, 7) is 1.80. The molecule has 1 fully saturated rings. The summed E-state index contributed by atoms with van der Waals surface area (Å²) in [6.07, 6.45) is 5.84. The molecule has 2 aliphatic rings. The van der Waals surface area contributed by atoms with Crippen molar-refractivity contribution in [1.82, 2.24) is 10.3 Å². The van der Waals surface area contributed by atoms with Crippen molar-refractivity contribution in [3.8, 4) is 11.1 Å². The largest absolute Gasteiger partial charge is 0.388 e. The molecule has 1 aromatic heterocycles. The van der Waals surface area contributed by atoms with Gasteiger partial charge < -0.3 is 15.5 Å². The maximum Gasteiger partial charge on any atom is 0.273 e. The SMILES string of the molecule is O=C(Nc1cccc(-c2ccncc2)c1)C1=NOC2(CCNCC2)C1. The Morgan fingerprint density at radius 2 is 1.92 bits per heavy atom. The van der Waals surface area contributed by atoms with Crippen molar-refractivity contribution in [1.29, 1.82) is 0 Å². The van der Waals surface area contributed by atoms with E-state index in [1.165, 1.54) is 0 Å². The predicted molar refractivity (Wildman–Crippen MR) is 96.3 cm³/mol. The smallest absolute Gasteiger partial charge is 0.273 e. The van der Waals surface area contributed by atoms with Gasteiger partial charge in [-0.1, -0.05) is 17.3 Å². The summed E-state index contributed by atoms with van der Waals surface area (Å²) < 4.78 is 0. The van der Waals surface area contributed by atoms with Crippen molar-refractivity contribution in [2.45, 2.75) is 24.9 Å². The third-order valence-corrected chi connectivity index (χ3v) is 4.75. The number of anilines is 1. The maximum absolute atomic E-state index is 12.5. The van der Waals surface area contributed by atoms with Crippen molar-refractivity contribution in [3.63, 3.8) is 0 Å². The van der Waals surface area contributed by atoms with Gasteiger partial charge >= 0.3 is 0 Å². The van der Waals surface area contributed by atoms with Crippen LogP contribution in [0.2, 0.25) is 0 Å². The molecule has 128 valence electrons. The Balaban J connectivity index is 1.45. The highest BCUT2D eigenvalue weighted by molar-refractivity contribution is 6.43. The van der Waals surface area contributed by atoms with Crippen LogP contribution in [-0.2, 0) is 9.63 Å².